The van der Waals surface area contributed by atoms with E-state index in [9.17, 15) is 39.0 Å². The van der Waals surface area contributed by atoms with Crippen molar-refractivity contribution in [3.63, 3.8) is 0 Å². The molecule has 8 aliphatic rings. The standard InChI is InChI=1S/C25H43N3O3.C17H25NO5/c1-7-26(8-2)20(29)23-13-19-14-24(16-23,21(30)27(9-3)10-4)18-25(15-19,17-23)22(31)28(11-5)12-6;1-3-18(4-2)12(19)15-5-11-6-16(8-15,13(20)21)10-17(7-11,9-15)14(22)23/h19H,7-18H2,1-6H3;11H,3-10H2,1-2H3,(H,20,21)(H,22,23). The van der Waals surface area contributed by atoms with E-state index in [0.717, 1.165) is 19.3 Å². The Hall–Kier alpha value is -3.18. The van der Waals surface area contributed by atoms with Crippen LogP contribution in [0.25, 0.3) is 0 Å². The lowest BCUT2D eigenvalue weighted by Crippen LogP contribution is -2.67. The van der Waals surface area contributed by atoms with Crippen molar-refractivity contribution in [2.45, 2.75) is 132 Å². The van der Waals surface area contributed by atoms with Gasteiger partial charge in [0.2, 0.25) is 23.6 Å². The van der Waals surface area contributed by atoms with Gasteiger partial charge in [0.15, 0.2) is 0 Å². The van der Waals surface area contributed by atoms with Gasteiger partial charge < -0.3 is 29.8 Å². The quantitative estimate of drug-likeness (QED) is 0.235. The van der Waals surface area contributed by atoms with Crippen molar-refractivity contribution >= 4 is 35.6 Å². The van der Waals surface area contributed by atoms with E-state index >= 15 is 0 Å². The van der Waals surface area contributed by atoms with E-state index in [1.165, 1.54) is 0 Å². The molecular formula is C42H68N4O8. The second-order valence-corrected chi connectivity index (χ2v) is 18.2. The summed E-state index contributed by atoms with van der Waals surface area (Å²) in [6.45, 7) is 21.1. The molecule has 2 atom stereocenters. The van der Waals surface area contributed by atoms with Gasteiger partial charge in [-0.2, -0.15) is 0 Å². The molecule has 54 heavy (non-hydrogen) atoms. The number of nitrogens with zero attached hydrogens (tertiary/aromatic N) is 4. The van der Waals surface area contributed by atoms with Gasteiger partial charge in [-0.15, -0.1) is 0 Å². The Balaban J connectivity index is 0.000000217. The van der Waals surface area contributed by atoms with Crippen molar-refractivity contribution in [2.24, 2.45) is 44.3 Å². The first kappa shape index (κ1) is 42.0. The molecule has 4 amide bonds. The molecule has 0 aromatic rings. The van der Waals surface area contributed by atoms with Crippen molar-refractivity contribution in [3.8, 4) is 0 Å². The lowest BCUT2D eigenvalue weighted by molar-refractivity contribution is -0.206. The summed E-state index contributed by atoms with van der Waals surface area (Å²) in [7, 11) is 0. The van der Waals surface area contributed by atoms with Crippen LogP contribution in [0.5, 0.6) is 0 Å². The van der Waals surface area contributed by atoms with Crippen molar-refractivity contribution in [1.82, 2.24) is 19.6 Å². The summed E-state index contributed by atoms with van der Waals surface area (Å²) >= 11 is 0. The predicted molar refractivity (Wildman–Crippen MR) is 204 cm³/mol. The second-order valence-electron chi connectivity index (χ2n) is 18.2. The average molecular weight is 757 g/mol. The summed E-state index contributed by atoms with van der Waals surface area (Å²) in [5.41, 5.74) is -4.60. The lowest BCUT2D eigenvalue weighted by Gasteiger charge is -2.65. The van der Waals surface area contributed by atoms with Crippen LogP contribution >= 0.6 is 0 Å². The van der Waals surface area contributed by atoms with Crippen LogP contribution in [0.4, 0.5) is 0 Å². The van der Waals surface area contributed by atoms with Gasteiger partial charge in [-0.3, -0.25) is 28.8 Å². The van der Waals surface area contributed by atoms with Crippen LogP contribution in [0.3, 0.4) is 0 Å². The predicted octanol–water partition coefficient (Wildman–Crippen LogP) is 5.53. The van der Waals surface area contributed by atoms with Crippen LogP contribution in [-0.4, -0.2) is 118 Å². The molecule has 2 N–H and O–H groups in total. The molecular weight excluding hydrogens is 688 g/mol. The highest BCUT2D eigenvalue weighted by Crippen LogP contribution is 2.72. The van der Waals surface area contributed by atoms with Crippen LogP contribution in [0.15, 0.2) is 0 Å². The third kappa shape index (κ3) is 6.52. The molecule has 8 fully saturated rings. The van der Waals surface area contributed by atoms with E-state index in [-0.39, 0.29) is 41.9 Å². The van der Waals surface area contributed by atoms with E-state index < -0.39 is 44.4 Å². The molecule has 0 radical (unpaired) electrons. The van der Waals surface area contributed by atoms with Gasteiger partial charge >= 0.3 is 11.9 Å². The first-order valence-corrected chi connectivity index (χ1v) is 21.1. The normalized spacial score (nSPS) is 36.5. The molecule has 0 aromatic carbocycles. The van der Waals surface area contributed by atoms with Crippen LogP contribution < -0.4 is 0 Å². The van der Waals surface area contributed by atoms with Crippen molar-refractivity contribution in [2.75, 3.05) is 52.4 Å². The summed E-state index contributed by atoms with van der Waals surface area (Å²) in [5.74, 6) is -1.07. The fourth-order valence-electron chi connectivity index (χ4n) is 13.7. The van der Waals surface area contributed by atoms with Gasteiger partial charge in [-0.1, -0.05) is 0 Å². The lowest BCUT2D eigenvalue weighted by atomic mass is 9.38. The molecule has 12 nitrogen and oxygen atoms in total. The van der Waals surface area contributed by atoms with E-state index in [2.05, 4.69) is 0 Å². The zero-order valence-corrected chi connectivity index (χ0v) is 34.4. The smallest absolute Gasteiger partial charge is 0.309 e. The number of rotatable bonds is 14. The Bertz CT molecular complexity index is 1360. The largest absolute Gasteiger partial charge is 0.481 e. The number of hydrogen-bond donors (Lipinski definition) is 2. The Labute approximate surface area is 322 Å². The molecule has 0 heterocycles. The van der Waals surface area contributed by atoms with Gasteiger partial charge in [0.25, 0.3) is 0 Å². The maximum absolute atomic E-state index is 13.9. The maximum Gasteiger partial charge on any atom is 0.309 e. The van der Waals surface area contributed by atoms with Gasteiger partial charge in [0, 0.05) is 52.4 Å². The zero-order valence-electron chi connectivity index (χ0n) is 34.4. The van der Waals surface area contributed by atoms with E-state index in [4.69, 9.17) is 0 Å². The fraction of sp³-hybridized carbons (Fsp3) is 0.857. The highest BCUT2D eigenvalue weighted by molar-refractivity contribution is 5.93. The zero-order chi connectivity index (χ0) is 40.1. The third-order valence-electron chi connectivity index (χ3n) is 15.1. The van der Waals surface area contributed by atoms with Crippen molar-refractivity contribution in [1.29, 1.82) is 0 Å². The van der Waals surface area contributed by atoms with Crippen molar-refractivity contribution < 1.29 is 39.0 Å². The van der Waals surface area contributed by atoms with Gasteiger partial charge in [0.05, 0.1) is 32.5 Å². The summed E-state index contributed by atoms with van der Waals surface area (Å²) in [6.07, 6.45) is 6.83. The molecule has 0 saturated heterocycles. The number of hydrogen-bond acceptors (Lipinski definition) is 6. The molecule has 8 saturated carbocycles. The first-order chi connectivity index (χ1) is 25.4. The summed E-state index contributed by atoms with van der Waals surface area (Å²) in [5, 5.41) is 19.6. The van der Waals surface area contributed by atoms with Crippen LogP contribution in [0, 0.1) is 44.3 Å². The van der Waals surface area contributed by atoms with Crippen LogP contribution in [0.2, 0.25) is 0 Å². The fourth-order valence-corrected chi connectivity index (χ4v) is 13.7. The number of amides is 4. The first-order valence-electron chi connectivity index (χ1n) is 21.1. The summed E-state index contributed by atoms with van der Waals surface area (Å²) < 4.78 is 0. The minimum absolute atomic E-state index is 0.0259. The Morgan fingerprint density at radius 2 is 0.537 bits per heavy atom. The molecule has 304 valence electrons. The number of aliphatic carboxylic acids is 2. The maximum atomic E-state index is 13.9. The second kappa shape index (κ2) is 15.1. The minimum Gasteiger partial charge on any atom is -0.481 e. The molecule has 2 unspecified atom stereocenters. The summed E-state index contributed by atoms with van der Waals surface area (Å²) in [6, 6.07) is 0. The van der Waals surface area contributed by atoms with Crippen LogP contribution in [-0.2, 0) is 28.8 Å². The molecule has 8 rings (SSSR count). The topological polar surface area (TPSA) is 156 Å². The molecule has 0 spiro atoms. The van der Waals surface area contributed by atoms with Gasteiger partial charge in [0.1, 0.15) is 0 Å². The number of carbonyl (C=O) groups is 6. The molecule has 0 aliphatic heterocycles. The number of carbonyl (C=O) groups excluding carboxylic acids is 4. The number of carboxylic acid groups (broad SMARTS) is 2. The molecule has 0 aromatic heterocycles. The van der Waals surface area contributed by atoms with Gasteiger partial charge in [-0.25, -0.2) is 0 Å². The van der Waals surface area contributed by atoms with E-state index in [0.29, 0.717) is 104 Å². The SMILES string of the molecule is CCN(CC)C(=O)C12CC3CC(C(=O)N(CC)CC)(C1)CC(C(=O)N(CC)CC)(C3)C2.CCN(CC)C(=O)C12CC3CC(C(=O)O)(CC(C(=O)O)(C3)C1)C2. The van der Waals surface area contributed by atoms with Crippen molar-refractivity contribution in [3.05, 3.63) is 0 Å². The highest BCUT2D eigenvalue weighted by Gasteiger charge is 2.72. The monoisotopic (exact) mass is 757 g/mol. The Morgan fingerprint density at radius 1 is 0.370 bits per heavy atom. The molecule has 8 aliphatic carbocycles. The molecule has 12 heteroatoms. The molecule has 8 bridgehead atoms. The van der Waals surface area contributed by atoms with Gasteiger partial charge in [-0.05, 0) is 144 Å². The average Bonchev–Trinajstić information content (AvgIpc) is 3.12. The third-order valence-corrected chi connectivity index (χ3v) is 15.1. The van der Waals surface area contributed by atoms with E-state index in [1.54, 1.807) is 4.90 Å². The minimum atomic E-state index is -1.04. The van der Waals surface area contributed by atoms with Crippen LogP contribution in [0.1, 0.15) is 132 Å². The Kier molecular flexibility index (Phi) is 11.7. The highest BCUT2D eigenvalue weighted by atomic mass is 16.4. The number of carboxylic acids is 2. The Morgan fingerprint density at radius 3 is 0.722 bits per heavy atom. The van der Waals surface area contributed by atoms with E-state index in [1.807, 2.05) is 70.1 Å². The summed E-state index contributed by atoms with van der Waals surface area (Å²) in [4.78, 5) is 86.2.